The van der Waals surface area contributed by atoms with E-state index in [9.17, 15) is 5.11 Å². The predicted molar refractivity (Wildman–Crippen MR) is 116 cm³/mol. The number of hydrogen-bond acceptors (Lipinski definition) is 6. The van der Waals surface area contributed by atoms with Gasteiger partial charge < -0.3 is 15.2 Å². The standard InChI is InChI=1S/C23H20N4O2/c28-22-20-12-11-19-21(22)23(26-16-25-19)27-18-10-6-5-9-17(18)15-24-13-7-3-1-2-4-8-14-29-20/h1-12,15-16,28H,13-14H2,(H,25,26,27). The van der Waals surface area contributed by atoms with E-state index in [0.29, 0.717) is 35.6 Å². The van der Waals surface area contributed by atoms with Crippen LogP contribution < -0.4 is 10.1 Å². The summed E-state index contributed by atoms with van der Waals surface area (Å²) in [6.07, 6.45) is 14.8. The number of ether oxygens (including phenoxy) is 1. The van der Waals surface area contributed by atoms with E-state index in [-0.39, 0.29) is 5.75 Å². The molecule has 1 aliphatic rings. The van der Waals surface area contributed by atoms with Crippen LogP contribution in [0.25, 0.3) is 10.9 Å². The van der Waals surface area contributed by atoms with Crippen molar-refractivity contribution in [3.05, 3.63) is 84.7 Å². The lowest BCUT2D eigenvalue weighted by Crippen LogP contribution is -2.00. The summed E-state index contributed by atoms with van der Waals surface area (Å²) in [6, 6.07) is 11.3. The van der Waals surface area contributed by atoms with Gasteiger partial charge in [-0.15, -0.1) is 0 Å². The first kappa shape index (κ1) is 18.4. The highest BCUT2D eigenvalue weighted by Crippen LogP contribution is 2.38. The summed E-state index contributed by atoms with van der Waals surface area (Å²) in [7, 11) is 0. The number of para-hydroxylation sites is 1. The molecule has 2 aromatic carbocycles. The molecule has 29 heavy (non-hydrogen) atoms. The number of rotatable bonds is 0. The maximum absolute atomic E-state index is 10.8. The zero-order valence-corrected chi connectivity index (χ0v) is 15.7. The van der Waals surface area contributed by atoms with Crippen molar-refractivity contribution < 1.29 is 9.84 Å². The van der Waals surface area contributed by atoms with E-state index in [1.54, 1.807) is 12.1 Å². The van der Waals surface area contributed by atoms with E-state index < -0.39 is 0 Å². The SMILES string of the molecule is Oc1c2ccc3ncnc(c13)Nc1ccccc1C=NCC=CC=CC=CCO2. The molecular formula is C23H20N4O2. The van der Waals surface area contributed by atoms with Crippen LogP contribution in [0.2, 0.25) is 0 Å². The van der Waals surface area contributed by atoms with Gasteiger partial charge in [0.05, 0.1) is 17.4 Å². The van der Waals surface area contributed by atoms with Gasteiger partial charge in [-0.1, -0.05) is 48.6 Å². The van der Waals surface area contributed by atoms with Crippen LogP contribution in [0.3, 0.4) is 0 Å². The summed E-state index contributed by atoms with van der Waals surface area (Å²) in [5, 5.41) is 14.6. The van der Waals surface area contributed by atoms with Gasteiger partial charge in [0.25, 0.3) is 0 Å². The smallest absolute Gasteiger partial charge is 0.171 e. The van der Waals surface area contributed by atoms with E-state index in [1.807, 2.05) is 66.9 Å². The Morgan fingerprint density at radius 3 is 2.72 bits per heavy atom. The normalized spacial score (nSPS) is 14.1. The summed E-state index contributed by atoms with van der Waals surface area (Å²) in [6.45, 7) is 0.906. The summed E-state index contributed by atoms with van der Waals surface area (Å²) >= 11 is 0. The number of nitrogens with one attached hydrogen (secondary N) is 1. The molecule has 0 saturated heterocycles. The van der Waals surface area contributed by atoms with Crippen LogP contribution in [0.1, 0.15) is 5.56 Å². The third kappa shape index (κ3) is 4.32. The molecule has 1 aliphatic heterocycles. The first-order valence-corrected chi connectivity index (χ1v) is 9.26. The van der Waals surface area contributed by atoms with E-state index >= 15 is 0 Å². The van der Waals surface area contributed by atoms with Crippen molar-refractivity contribution in [2.75, 3.05) is 18.5 Å². The fraction of sp³-hybridized carbons (Fsp3) is 0.0870. The number of benzene rings is 2. The van der Waals surface area contributed by atoms with Crippen molar-refractivity contribution in [1.29, 1.82) is 0 Å². The molecule has 144 valence electrons. The van der Waals surface area contributed by atoms with Gasteiger partial charge in [-0.3, -0.25) is 4.99 Å². The highest BCUT2D eigenvalue weighted by atomic mass is 16.5. The molecule has 0 spiro atoms. The molecule has 0 radical (unpaired) electrons. The summed E-state index contributed by atoms with van der Waals surface area (Å²) < 4.78 is 5.72. The molecule has 0 unspecified atom stereocenters. The molecule has 2 heterocycles. The number of aromatic nitrogens is 2. The maximum atomic E-state index is 10.8. The Balaban J connectivity index is 1.81. The first-order chi connectivity index (χ1) is 14.3. The van der Waals surface area contributed by atoms with Crippen LogP contribution in [0.15, 0.2) is 84.2 Å². The predicted octanol–water partition coefficient (Wildman–Crippen LogP) is 4.56. The average molecular weight is 384 g/mol. The lowest BCUT2D eigenvalue weighted by molar-refractivity contribution is 0.338. The zero-order chi connectivity index (χ0) is 19.9. The Kier molecular flexibility index (Phi) is 5.62. The Labute approximate surface area is 168 Å². The van der Waals surface area contributed by atoms with Crippen LogP contribution in [0.4, 0.5) is 11.5 Å². The third-order valence-corrected chi connectivity index (χ3v) is 4.33. The summed E-state index contributed by atoms with van der Waals surface area (Å²) in [4.78, 5) is 13.1. The molecule has 0 fully saturated rings. The van der Waals surface area contributed by atoms with Gasteiger partial charge in [0.2, 0.25) is 0 Å². The number of phenolic OH excluding ortho intramolecular Hbond substituents is 1. The van der Waals surface area contributed by atoms with Gasteiger partial charge in [-0.25, -0.2) is 9.97 Å². The van der Waals surface area contributed by atoms with Crippen molar-refractivity contribution in [2.24, 2.45) is 4.99 Å². The summed E-state index contributed by atoms with van der Waals surface area (Å²) in [5.74, 6) is 0.878. The maximum Gasteiger partial charge on any atom is 0.171 e. The highest BCUT2D eigenvalue weighted by Gasteiger charge is 2.14. The molecule has 0 saturated carbocycles. The van der Waals surface area contributed by atoms with E-state index in [0.717, 1.165) is 11.3 Å². The lowest BCUT2D eigenvalue weighted by atomic mass is 10.1. The largest absolute Gasteiger partial charge is 0.504 e. The number of fused-ring (bicyclic) bond motifs is 2. The van der Waals surface area contributed by atoms with Crippen LogP contribution in [0, 0.1) is 0 Å². The van der Waals surface area contributed by atoms with Gasteiger partial charge in [0.1, 0.15) is 18.8 Å². The minimum absolute atomic E-state index is 0.00439. The molecule has 1 aromatic heterocycles. The molecule has 2 N–H and O–H groups in total. The number of allylic oxidation sites excluding steroid dienone is 4. The number of aliphatic imine (C=N–C) groups is 1. The van der Waals surface area contributed by atoms with Gasteiger partial charge >= 0.3 is 0 Å². The second-order valence-electron chi connectivity index (χ2n) is 6.29. The fourth-order valence-corrected chi connectivity index (χ4v) is 2.93. The molecule has 3 aromatic rings. The molecule has 6 heteroatoms. The molecule has 2 bridgehead atoms. The number of hydrogen-bond donors (Lipinski definition) is 2. The Bertz CT molecular complexity index is 1130. The van der Waals surface area contributed by atoms with Crippen molar-refractivity contribution in [2.45, 2.75) is 0 Å². The number of phenols is 1. The number of anilines is 2. The van der Waals surface area contributed by atoms with Gasteiger partial charge in [-0.05, 0) is 24.3 Å². The second-order valence-corrected chi connectivity index (χ2v) is 6.29. The third-order valence-electron chi connectivity index (χ3n) is 4.33. The molecule has 0 atom stereocenters. The molecule has 0 amide bonds. The second kappa shape index (κ2) is 8.84. The minimum Gasteiger partial charge on any atom is -0.504 e. The Morgan fingerprint density at radius 1 is 0.931 bits per heavy atom. The van der Waals surface area contributed by atoms with Gasteiger partial charge in [-0.2, -0.15) is 0 Å². The Morgan fingerprint density at radius 2 is 1.79 bits per heavy atom. The summed E-state index contributed by atoms with van der Waals surface area (Å²) in [5.41, 5.74) is 2.37. The van der Waals surface area contributed by atoms with E-state index in [2.05, 4.69) is 20.3 Å². The van der Waals surface area contributed by atoms with E-state index in [1.165, 1.54) is 6.33 Å². The number of nitrogens with zero attached hydrogens (tertiary/aromatic N) is 3. The van der Waals surface area contributed by atoms with Gasteiger partial charge in [0.15, 0.2) is 11.5 Å². The van der Waals surface area contributed by atoms with Gasteiger partial charge in [0, 0.05) is 17.5 Å². The first-order valence-electron chi connectivity index (χ1n) is 9.26. The van der Waals surface area contributed by atoms with Crippen molar-refractivity contribution in [3.8, 4) is 11.5 Å². The van der Waals surface area contributed by atoms with E-state index in [4.69, 9.17) is 4.74 Å². The number of aromatic hydroxyl groups is 1. The van der Waals surface area contributed by atoms with Crippen LogP contribution in [-0.4, -0.2) is 34.4 Å². The monoisotopic (exact) mass is 384 g/mol. The topological polar surface area (TPSA) is 79.6 Å². The van der Waals surface area contributed by atoms with Crippen molar-refractivity contribution in [3.63, 3.8) is 0 Å². The minimum atomic E-state index is 0.00439. The quantitative estimate of drug-likeness (QED) is 0.594. The van der Waals surface area contributed by atoms with Crippen LogP contribution >= 0.6 is 0 Å². The molecular weight excluding hydrogens is 364 g/mol. The highest BCUT2D eigenvalue weighted by molar-refractivity contribution is 5.99. The van der Waals surface area contributed by atoms with Crippen LogP contribution in [-0.2, 0) is 0 Å². The zero-order valence-electron chi connectivity index (χ0n) is 15.7. The van der Waals surface area contributed by atoms with Crippen molar-refractivity contribution in [1.82, 2.24) is 9.97 Å². The molecule has 4 rings (SSSR count). The van der Waals surface area contributed by atoms with Crippen LogP contribution in [0.5, 0.6) is 11.5 Å². The Hall–Kier alpha value is -3.93. The molecule has 6 nitrogen and oxygen atoms in total. The fourth-order valence-electron chi connectivity index (χ4n) is 2.93. The average Bonchev–Trinajstić information content (AvgIpc) is 2.74. The lowest BCUT2D eigenvalue weighted by Gasteiger charge is -2.13. The van der Waals surface area contributed by atoms with Crippen molar-refractivity contribution >= 4 is 28.6 Å². The molecule has 0 aliphatic carbocycles.